The molecule has 0 bridgehead atoms. The molecule has 0 atom stereocenters. The predicted octanol–water partition coefficient (Wildman–Crippen LogP) is 6.07. The first-order valence-electron chi connectivity index (χ1n) is 12.3. The predicted molar refractivity (Wildman–Crippen MR) is 153 cm³/mol. The SMILES string of the molecule is COc1ccccc1NC(=O)c1ccc(NC(=O)CSc2nnc(-c3ccccc3)n2-c2ccc(F)cc2)cc1. The van der Waals surface area contributed by atoms with Crippen molar-refractivity contribution >= 4 is 35.0 Å². The van der Waals surface area contributed by atoms with Gasteiger partial charge in [-0.3, -0.25) is 14.2 Å². The molecule has 2 N–H and O–H groups in total. The Morgan fingerprint density at radius 1 is 0.850 bits per heavy atom. The second-order valence-corrected chi connectivity index (χ2v) is 9.50. The highest BCUT2D eigenvalue weighted by atomic mass is 32.2. The molecule has 1 heterocycles. The maximum absolute atomic E-state index is 13.6. The first kappa shape index (κ1) is 26.6. The Morgan fingerprint density at radius 3 is 2.27 bits per heavy atom. The van der Waals surface area contributed by atoms with Gasteiger partial charge in [-0.25, -0.2) is 4.39 Å². The summed E-state index contributed by atoms with van der Waals surface area (Å²) in [7, 11) is 1.54. The fourth-order valence-electron chi connectivity index (χ4n) is 3.94. The Bertz CT molecular complexity index is 1620. The molecule has 0 saturated heterocycles. The number of ether oxygens (including phenoxy) is 1. The summed E-state index contributed by atoms with van der Waals surface area (Å²) in [5.41, 5.74) is 3.05. The molecular weight excluding hydrogens is 529 g/mol. The summed E-state index contributed by atoms with van der Waals surface area (Å²) in [6, 6.07) is 29.2. The molecule has 0 saturated carbocycles. The van der Waals surface area contributed by atoms with Crippen LogP contribution in [-0.2, 0) is 4.79 Å². The van der Waals surface area contributed by atoms with E-state index in [1.807, 2.05) is 36.4 Å². The van der Waals surface area contributed by atoms with Crippen molar-refractivity contribution < 1.29 is 18.7 Å². The zero-order chi connectivity index (χ0) is 27.9. The standard InChI is InChI=1S/C30H24FN5O3S/c1-39-26-10-6-5-9-25(26)33-29(38)21-11-15-23(16-12-21)32-27(37)19-40-30-35-34-28(20-7-3-2-4-8-20)36(30)24-17-13-22(31)14-18-24/h2-18H,19H2,1H3,(H,32,37)(H,33,38). The van der Waals surface area contributed by atoms with E-state index in [0.29, 0.717) is 39.4 Å². The van der Waals surface area contributed by atoms with E-state index in [1.165, 1.54) is 31.0 Å². The van der Waals surface area contributed by atoms with Crippen molar-refractivity contribution in [2.45, 2.75) is 5.16 Å². The number of nitrogens with one attached hydrogen (secondary N) is 2. The number of aromatic nitrogens is 3. The van der Waals surface area contributed by atoms with E-state index in [0.717, 1.165) is 5.56 Å². The van der Waals surface area contributed by atoms with Gasteiger partial charge >= 0.3 is 0 Å². The van der Waals surface area contributed by atoms with Gasteiger partial charge in [0.2, 0.25) is 5.91 Å². The van der Waals surface area contributed by atoms with Gasteiger partial charge in [0.15, 0.2) is 11.0 Å². The lowest BCUT2D eigenvalue weighted by Crippen LogP contribution is -2.15. The molecule has 0 spiro atoms. The zero-order valence-corrected chi connectivity index (χ0v) is 22.2. The Hall–Kier alpha value is -4.96. The van der Waals surface area contributed by atoms with Crippen LogP contribution in [0.1, 0.15) is 10.4 Å². The van der Waals surface area contributed by atoms with Crippen molar-refractivity contribution in [1.29, 1.82) is 0 Å². The number of benzene rings is 4. The molecule has 0 aliphatic carbocycles. The van der Waals surface area contributed by atoms with Gasteiger partial charge in [-0.05, 0) is 60.7 Å². The van der Waals surface area contributed by atoms with Crippen LogP contribution in [-0.4, -0.2) is 39.4 Å². The number of amides is 2. The molecule has 5 rings (SSSR count). The summed E-state index contributed by atoms with van der Waals surface area (Å²) in [6.07, 6.45) is 0. The molecule has 0 aliphatic heterocycles. The number of para-hydroxylation sites is 2. The van der Waals surface area contributed by atoms with Crippen LogP contribution in [0.5, 0.6) is 5.75 Å². The Labute approximate surface area is 234 Å². The van der Waals surface area contributed by atoms with Gasteiger partial charge in [-0.15, -0.1) is 10.2 Å². The fourth-order valence-corrected chi connectivity index (χ4v) is 4.69. The minimum atomic E-state index is -0.352. The van der Waals surface area contributed by atoms with Crippen LogP contribution < -0.4 is 15.4 Å². The second kappa shape index (κ2) is 12.3. The molecule has 0 unspecified atom stereocenters. The minimum absolute atomic E-state index is 0.0597. The molecule has 2 amide bonds. The number of rotatable bonds is 9. The Balaban J connectivity index is 1.25. The number of carbonyl (C=O) groups excluding carboxylic acids is 2. The highest BCUT2D eigenvalue weighted by Crippen LogP contribution is 2.28. The van der Waals surface area contributed by atoms with Crippen molar-refractivity contribution in [2.75, 3.05) is 23.5 Å². The maximum Gasteiger partial charge on any atom is 0.255 e. The van der Waals surface area contributed by atoms with Crippen molar-refractivity contribution in [1.82, 2.24) is 14.8 Å². The maximum atomic E-state index is 13.6. The van der Waals surface area contributed by atoms with E-state index in [9.17, 15) is 14.0 Å². The van der Waals surface area contributed by atoms with Crippen LogP contribution in [0, 0.1) is 5.82 Å². The minimum Gasteiger partial charge on any atom is -0.495 e. The van der Waals surface area contributed by atoms with Crippen LogP contribution in [0.25, 0.3) is 17.1 Å². The van der Waals surface area contributed by atoms with E-state index in [-0.39, 0.29) is 23.4 Å². The summed E-state index contributed by atoms with van der Waals surface area (Å²) in [5.74, 6) is 0.290. The lowest BCUT2D eigenvalue weighted by Gasteiger charge is -2.11. The van der Waals surface area contributed by atoms with Gasteiger partial charge in [-0.1, -0.05) is 54.2 Å². The number of nitrogens with zero attached hydrogens (tertiary/aromatic N) is 3. The number of hydrogen-bond acceptors (Lipinski definition) is 6. The molecule has 4 aromatic carbocycles. The molecule has 0 radical (unpaired) electrons. The molecule has 1 aromatic heterocycles. The molecule has 40 heavy (non-hydrogen) atoms. The highest BCUT2D eigenvalue weighted by molar-refractivity contribution is 7.99. The normalized spacial score (nSPS) is 10.7. The van der Waals surface area contributed by atoms with Gasteiger partial charge in [0.1, 0.15) is 11.6 Å². The van der Waals surface area contributed by atoms with Gasteiger partial charge in [0, 0.05) is 22.5 Å². The van der Waals surface area contributed by atoms with Crippen LogP contribution in [0.3, 0.4) is 0 Å². The van der Waals surface area contributed by atoms with Crippen LogP contribution in [0.4, 0.5) is 15.8 Å². The van der Waals surface area contributed by atoms with E-state index in [2.05, 4.69) is 20.8 Å². The summed E-state index contributed by atoms with van der Waals surface area (Å²) in [4.78, 5) is 25.4. The topological polar surface area (TPSA) is 98.1 Å². The fraction of sp³-hybridized carbons (Fsp3) is 0.0667. The summed E-state index contributed by atoms with van der Waals surface area (Å²) in [6.45, 7) is 0. The molecule has 0 aliphatic rings. The van der Waals surface area contributed by atoms with Crippen LogP contribution in [0.15, 0.2) is 108 Å². The average molecular weight is 554 g/mol. The van der Waals surface area contributed by atoms with Crippen LogP contribution in [0.2, 0.25) is 0 Å². The van der Waals surface area contributed by atoms with Gasteiger partial charge < -0.3 is 15.4 Å². The smallest absolute Gasteiger partial charge is 0.255 e. The quantitative estimate of drug-likeness (QED) is 0.215. The van der Waals surface area contributed by atoms with Gasteiger partial charge in [0.05, 0.1) is 18.6 Å². The molecule has 5 aromatic rings. The number of carbonyl (C=O) groups is 2. The van der Waals surface area contributed by atoms with E-state index in [1.54, 1.807) is 59.2 Å². The largest absolute Gasteiger partial charge is 0.495 e. The third kappa shape index (κ3) is 6.19. The summed E-state index contributed by atoms with van der Waals surface area (Å²) >= 11 is 1.21. The van der Waals surface area contributed by atoms with Crippen LogP contribution >= 0.6 is 11.8 Å². The van der Waals surface area contributed by atoms with Gasteiger partial charge in [-0.2, -0.15) is 0 Å². The number of hydrogen-bond donors (Lipinski definition) is 2. The molecule has 8 nitrogen and oxygen atoms in total. The van der Waals surface area contributed by atoms with Crippen molar-refractivity contribution in [3.8, 4) is 22.8 Å². The van der Waals surface area contributed by atoms with E-state index >= 15 is 0 Å². The Kier molecular flexibility index (Phi) is 8.17. The number of thioether (sulfide) groups is 1. The molecule has 10 heteroatoms. The number of anilines is 2. The lowest BCUT2D eigenvalue weighted by atomic mass is 10.2. The second-order valence-electron chi connectivity index (χ2n) is 8.55. The van der Waals surface area contributed by atoms with Crippen molar-refractivity contribution in [3.63, 3.8) is 0 Å². The molecule has 200 valence electrons. The molecular formula is C30H24FN5O3S. The van der Waals surface area contributed by atoms with Crippen molar-refractivity contribution in [2.24, 2.45) is 0 Å². The zero-order valence-electron chi connectivity index (χ0n) is 21.4. The third-order valence-electron chi connectivity index (χ3n) is 5.87. The summed E-state index contributed by atoms with van der Waals surface area (Å²) in [5, 5.41) is 14.8. The highest BCUT2D eigenvalue weighted by Gasteiger charge is 2.18. The Morgan fingerprint density at radius 2 is 1.55 bits per heavy atom. The lowest BCUT2D eigenvalue weighted by molar-refractivity contribution is -0.113. The van der Waals surface area contributed by atoms with Gasteiger partial charge in [0.25, 0.3) is 5.91 Å². The first-order valence-corrected chi connectivity index (χ1v) is 13.2. The molecule has 0 fully saturated rings. The number of methoxy groups -OCH3 is 1. The monoisotopic (exact) mass is 553 g/mol. The van der Waals surface area contributed by atoms with E-state index in [4.69, 9.17) is 4.74 Å². The summed E-state index contributed by atoms with van der Waals surface area (Å²) < 4.78 is 20.7. The number of halogens is 1. The van der Waals surface area contributed by atoms with Crippen molar-refractivity contribution in [3.05, 3.63) is 115 Å². The average Bonchev–Trinajstić information content (AvgIpc) is 3.41. The van der Waals surface area contributed by atoms with E-state index < -0.39 is 0 Å². The third-order valence-corrected chi connectivity index (χ3v) is 6.80. The first-order chi connectivity index (χ1) is 19.5.